The molecule has 1 rings (SSSR count). The van der Waals surface area contributed by atoms with Crippen LogP contribution in [0.4, 0.5) is 4.39 Å². The number of amidine groups is 2. The lowest BCUT2D eigenvalue weighted by Crippen LogP contribution is -2.15. The Morgan fingerprint density at radius 1 is 1.35 bits per heavy atom. The van der Waals surface area contributed by atoms with Crippen molar-refractivity contribution in [2.24, 2.45) is 20.7 Å². The Bertz CT molecular complexity index is 576. The van der Waals surface area contributed by atoms with Crippen LogP contribution >= 0.6 is 15.9 Å². The molecule has 0 aliphatic heterocycles. The normalized spacial score (nSPS) is 14.1. The monoisotopic (exact) mass is 338 g/mol. The summed E-state index contributed by atoms with van der Waals surface area (Å²) in [5.41, 5.74) is 6.85. The maximum absolute atomic E-state index is 13.4. The molecule has 1 aromatic rings. The van der Waals surface area contributed by atoms with Crippen molar-refractivity contribution < 1.29 is 4.39 Å². The fourth-order valence-corrected chi connectivity index (χ4v) is 1.71. The third-order valence-electron chi connectivity index (χ3n) is 2.35. The first-order valence-corrected chi connectivity index (χ1v) is 6.80. The number of rotatable bonds is 4. The molecule has 0 heterocycles. The van der Waals surface area contributed by atoms with Crippen molar-refractivity contribution in [1.29, 1.82) is 0 Å². The van der Waals surface area contributed by atoms with E-state index >= 15 is 0 Å². The second-order valence-corrected chi connectivity index (χ2v) is 4.44. The topological polar surface area (TPSA) is 63.1 Å². The summed E-state index contributed by atoms with van der Waals surface area (Å²) in [6.45, 7) is 3.79. The molecule has 0 fully saturated rings. The van der Waals surface area contributed by atoms with E-state index in [9.17, 15) is 4.39 Å². The molecule has 0 aliphatic carbocycles. The summed E-state index contributed by atoms with van der Waals surface area (Å²) in [5, 5.41) is 0. The van der Waals surface area contributed by atoms with Crippen LogP contribution in [0.1, 0.15) is 19.4 Å². The lowest BCUT2D eigenvalue weighted by molar-refractivity contribution is 0.611. The van der Waals surface area contributed by atoms with Gasteiger partial charge in [-0.15, -0.1) is 0 Å². The van der Waals surface area contributed by atoms with Gasteiger partial charge in [-0.05, 0) is 35.8 Å². The van der Waals surface area contributed by atoms with E-state index in [1.54, 1.807) is 37.4 Å². The quantitative estimate of drug-likeness (QED) is 0.510. The van der Waals surface area contributed by atoms with Crippen molar-refractivity contribution in [2.45, 2.75) is 20.4 Å². The maximum atomic E-state index is 13.4. The minimum Gasteiger partial charge on any atom is -0.382 e. The largest absolute Gasteiger partial charge is 0.382 e. The summed E-state index contributed by atoms with van der Waals surface area (Å²) < 4.78 is 13.7. The fourth-order valence-electron chi connectivity index (χ4n) is 1.40. The Morgan fingerprint density at radius 3 is 2.65 bits per heavy atom. The Kier molecular flexibility index (Phi) is 6.79. The molecule has 1 aromatic carbocycles. The molecule has 0 atom stereocenters. The molecule has 0 radical (unpaired) electrons. The number of halogens is 2. The van der Waals surface area contributed by atoms with Gasteiger partial charge in [0.05, 0.1) is 6.54 Å². The highest BCUT2D eigenvalue weighted by molar-refractivity contribution is 9.18. The zero-order chi connectivity index (χ0) is 15.0. The molecular formula is C14H16BrFN4. The van der Waals surface area contributed by atoms with E-state index in [1.165, 1.54) is 6.07 Å². The number of nitrogens with two attached hydrogens (primary N) is 1. The van der Waals surface area contributed by atoms with Gasteiger partial charge in [-0.1, -0.05) is 24.3 Å². The average Bonchev–Trinajstić information content (AvgIpc) is 2.43. The smallest absolute Gasteiger partial charge is 0.194 e. The molecule has 0 spiro atoms. The second-order valence-electron chi connectivity index (χ2n) is 3.73. The van der Waals surface area contributed by atoms with Gasteiger partial charge in [0.1, 0.15) is 11.5 Å². The minimum atomic E-state index is -0.293. The van der Waals surface area contributed by atoms with Gasteiger partial charge in [0.15, 0.2) is 10.6 Å². The molecule has 2 N–H and O–H groups in total. The van der Waals surface area contributed by atoms with Gasteiger partial charge in [0.25, 0.3) is 0 Å². The van der Waals surface area contributed by atoms with E-state index in [2.05, 4.69) is 30.9 Å². The van der Waals surface area contributed by atoms with Gasteiger partial charge in [-0.3, -0.25) is 9.98 Å². The Balaban J connectivity index is 2.82. The number of hydrogen-bond acceptors (Lipinski definition) is 2. The molecule has 0 unspecified atom stereocenters. The molecule has 0 saturated heterocycles. The first kappa shape index (κ1) is 16.2. The third-order valence-corrected chi connectivity index (χ3v) is 2.78. The SMILES string of the molecule is CC=NC(=C\C)/C(N)=N/C(Br)=NCc1ccccc1F. The zero-order valence-electron chi connectivity index (χ0n) is 11.3. The standard InChI is InChI=1S/C14H16BrFN4/c1-3-12(18-4-2)13(17)20-14(15)19-9-10-7-5-6-8-11(10)16/h3-8H,9H2,1-2H3,(H2,17,19,20)/b12-3-,18-4?. The van der Waals surface area contributed by atoms with E-state index in [1.807, 2.05) is 6.92 Å². The molecule has 0 amide bonds. The lowest BCUT2D eigenvalue weighted by atomic mass is 10.2. The van der Waals surface area contributed by atoms with Gasteiger partial charge >= 0.3 is 0 Å². The Labute approximate surface area is 126 Å². The van der Waals surface area contributed by atoms with Crippen LogP contribution in [0.2, 0.25) is 0 Å². The molecule has 4 nitrogen and oxygen atoms in total. The van der Waals surface area contributed by atoms with Crippen molar-refractivity contribution in [3.63, 3.8) is 0 Å². The van der Waals surface area contributed by atoms with Gasteiger partial charge in [0.2, 0.25) is 0 Å². The molecule has 0 saturated carbocycles. The fraction of sp³-hybridized carbons (Fsp3) is 0.214. The van der Waals surface area contributed by atoms with Crippen molar-refractivity contribution in [3.05, 3.63) is 47.4 Å². The molecule has 6 heteroatoms. The van der Waals surface area contributed by atoms with Crippen LogP contribution < -0.4 is 5.73 Å². The summed E-state index contributed by atoms with van der Waals surface area (Å²) in [6, 6.07) is 6.46. The third kappa shape index (κ3) is 5.05. The highest BCUT2D eigenvalue weighted by atomic mass is 79.9. The Hall–Kier alpha value is -1.82. The van der Waals surface area contributed by atoms with Gasteiger partial charge in [-0.25, -0.2) is 9.38 Å². The summed E-state index contributed by atoms with van der Waals surface area (Å²) in [4.78, 5) is 12.3. The number of benzene rings is 1. The summed E-state index contributed by atoms with van der Waals surface area (Å²) in [5.74, 6) is -0.0482. The Morgan fingerprint density at radius 2 is 2.05 bits per heavy atom. The predicted molar refractivity (Wildman–Crippen MR) is 86.0 cm³/mol. The van der Waals surface area contributed by atoms with Crippen LogP contribution in [0, 0.1) is 5.82 Å². The molecule has 0 aromatic heterocycles. The number of nitrogens with zero attached hydrogens (tertiary/aromatic N) is 3. The maximum Gasteiger partial charge on any atom is 0.194 e. The van der Waals surface area contributed by atoms with Crippen LogP contribution in [0.15, 0.2) is 51.0 Å². The highest BCUT2D eigenvalue weighted by Gasteiger charge is 2.02. The van der Waals surface area contributed by atoms with Crippen LogP contribution in [0.3, 0.4) is 0 Å². The lowest BCUT2D eigenvalue weighted by Gasteiger charge is -2.01. The van der Waals surface area contributed by atoms with E-state index in [0.29, 0.717) is 16.0 Å². The van der Waals surface area contributed by atoms with Crippen molar-refractivity contribution in [1.82, 2.24) is 0 Å². The summed E-state index contributed by atoms with van der Waals surface area (Å²) in [6.07, 6.45) is 3.37. The van der Waals surface area contributed by atoms with Crippen LogP contribution in [-0.4, -0.2) is 16.8 Å². The van der Waals surface area contributed by atoms with Crippen molar-refractivity contribution in [3.8, 4) is 0 Å². The van der Waals surface area contributed by atoms with E-state index < -0.39 is 0 Å². The minimum absolute atomic E-state index is 0.187. The van der Waals surface area contributed by atoms with E-state index in [4.69, 9.17) is 5.73 Å². The number of allylic oxidation sites excluding steroid dienone is 1. The van der Waals surface area contributed by atoms with Gasteiger partial charge < -0.3 is 5.73 Å². The van der Waals surface area contributed by atoms with Crippen LogP contribution in [0.5, 0.6) is 0 Å². The predicted octanol–water partition coefficient (Wildman–Crippen LogP) is 3.43. The first-order valence-electron chi connectivity index (χ1n) is 6.01. The van der Waals surface area contributed by atoms with E-state index in [-0.39, 0.29) is 18.2 Å². The molecule has 0 aliphatic rings. The summed E-state index contributed by atoms with van der Waals surface area (Å²) in [7, 11) is 0. The highest BCUT2D eigenvalue weighted by Crippen LogP contribution is 2.09. The van der Waals surface area contributed by atoms with Crippen molar-refractivity contribution >= 4 is 32.7 Å². The number of hydrogen-bond donors (Lipinski definition) is 1. The van der Waals surface area contributed by atoms with Gasteiger partial charge in [0, 0.05) is 11.8 Å². The molecule has 20 heavy (non-hydrogen) atoms. The van der Waals surface area contributed by atoms with E-state index in [0.717, 1.165) is 0 Å². The number of aliphatic imine (C=N–C) groups is 3. The average molecular weight is 339 g/mol. The van der Waals surface area contributed by atoms with Gasteiger partial charge in [-0.2, -0.15) is 0 Å². The second kappa shape index (κ2) is 8.37. The summed E-state index contributed by atoms with van der Waals surface area (Å²) >= 11 is 3.19. The van der Waals surface area contributed by atoms with Crippen LogP contribution in [-0.2, 0) is 6.54 Å². The molecular weight excluding hydrogens is 323 g/mol. The van der Waals surface area contributed by atoms with Crippen LogP contribution in [0.25, 0.3) is 0 Å². The molecule has 0 bridgehead atoms. The zero-order valence-corrected chi connectivity index (χ0v) is 12.9. The first-order chi connectivity index (χ1) is 9.58. The molecule has 106 valence electrons. The van der Waals surface area contributed by atoms with Crippen molar-refractivity contribution in [2.75, 3.05) is 0 Å².